The average molecular weight is 364 g/mol. The van der Waals surface area contributed by atoms with Crippen molar-refractivity contribution >= 4 is 21.4 Å². The SMILES string of the molecule is COc1cccc(N2C(=O)CN(C3CCCC3)[C@H]3CS(=O)(=O)C[C@H]32)c1. The molecule has 6 nitrogen and oxygen atoms in total. The molecule has 136 valence electrons. The number of fused-ring (bicyclic) bond motifs is 1. The number of amides is 1. The van der Waals surface area contributed by atoms with Crippen molar-refractivity contribution in [3.8, 4) is 5.75 Å². The Morgan fingerprint density at radius 1 is 1.12 bits per heavy atom. The van der Waals surface area contributed by atoms with Crippen molar-refractivity contribution in [1.29, 1.82) is 0 Å². The molecule has 2 heterocycles. The number of hydrogen-bond donors (Lipinski definition) is 0. The second-order valence-electron chi connectivity index (χ2n) is 7.29. The van der Waals surface area contributed by atoms with E-state index >= 15 is 0 Å². The van der Waals surface area contributed by atoms with Gasteiger partial charge in [-0.25, -0.2) is 8.42 Å². The Hall–Kier alpha value is -1.60. The van der Waals surface area contributed by atoms with Gasteiger partial charge < -0.3 is 9.64 Å². The van der Waals surface area contributed by atoms with Crippen LogP contribution >= 0.6 is 0 Å². The number of carbonyl (C=O) groups is 1. The van der Waals surface area contributed by atoms with Gasteiger partial charge in [0, 0.05) is 23.8 Å². The van der Waals surface area contributed by atoms with Crippen molar-refractivity contribution in [2.45, 2.75) is 43.8 Å². The van der Waals surface area contributed by atoms with E-state index < -0.39 is 9.84 Å². The van der Waals surface area contributed by atoms with Crippen LogP contribution in [0, 0.1) is 0 Å². The lowest BCUT2D eigenvalue weighted by Gasteiger charge is -2.46. The molecule has 2 saturated heterocycles. The fourth-order valence-corrected chi connectivity index (χ4v) is 6.60. The molecule has 3 aliphatic rings. The smallest absolute Gasteiger partial charge is 0.241 e. The monoisotopic (exact) mass is 364 g/mol. The van der Waals surface area contributed by atoms with E-state index in [-0.39, 0.29) is 29.5 Å². The van der Waals surface area contributed by atoms with E-state index in [9.17, 15) is 13.2 Å². The summed E-state index contributed by atoms with van der Waals surface area (Å²) < 4.78 is 30.0. The molecular formula is C18H24N2O4S. The van der Waals surface area contributed by atoms with Crippen molar-refractivity contribution in [3.63, 3.8) is 0 Å². The lowest BCUT2D eigenvalue weighted by atomic mass is 10.00. The number of methoxy groups -OCH3 is 1. The topological polar surface area (TPSA) is 66.9 Å². The molecule has 1 aromatic rings. The lowest BCUT2D eigenvalue weighted by Crippen LogP contribution is -2.64. The van der Waals surface area contributed by atoms with E-state index in [4.69, 9.17) is 4.74 Å². The van der Waals surface area contributed by atoms with Crippen LogP contribution in [-0.4, -0.2) is 62.5 Å². The molecule has 7 heteroatoms. The molecule has 0 aromatic heterocycles. The lowest BCUT2D eigenvalue weighted by molar-refractivity contribution is -0.124. The van der Waals surface area contributed by atoms with Gasteiger partial charge in [-0.15, -0.1) is 0 Å². The van der Waals surface area contributed by atoms with E-state index in [2.05, 4.69) is 4.90 Å². The van der Waals surface area contributed by atoms with Gasteiger partial charge in [-0.2, -0.15) is 0 Å². The Bertz CT molecular complexity index is 773. The van der Waals surface area contributed by atoms with Crippen molar-refractivity contribution < 1.29 is 17.9 Å². The maximum Gasteiger partial charge on any atom is 0.241 e. The molecule has 0 bridgehead atoms. The summed E-state index contributed by atoms with van der Waals surface area (Å²) in [6.07, 6.45) is 4.46. The van der Waals surface area contributed by atoms with Crippen LogP contribution in [0.25, 0.3) is 0 Å². The van der Waals surface area contributed by atoms with Crippen molar-refractivity contribution in [2.75, 3.05) is 30.1 Å². The van der Waals surface area contributed by atoms with Crippen LogP contribution in [0.1, 0.15) is 25.7 Å². The number of hydrogen-bond acceptors (Lipinski definition) is 5. The second-order valence-corrected chi connectivity index (χ2v) is 9.44. The first-order valence-electron chi connectivity index (χ1n) is 8.91. The van der Waals surface area contributed by atoms with Gasteiger partial charge in [-0.05, 0) is 25.0 Å². The molecular weight excluding hydrogens is 340 g/mol. The number of anilines is 1. The molecule has 1 aliphatic carbocycles. The number of piperazine rings is 1. The molecule has 3 fully saturated rings. The van der Waals surface area contributed by atoms with Crippen LogP contribution in [0.3, 0.4) is 0 Å². The highest BCUT2D eigenvalue weighted by molar-refractivity contribution is 7.91. The molecule has 0 spiro atoms. The zero-order valence-electron chi connectivity index (χ0n) is 14.4. The summed E-state index contributed by atoms with van der Waals surface area (Å²) >= 11 is 0. The number of carbonyl (C=O) groups excluding carboxylic acids is 1. The van der Waals surface area contributed by atoms with E-state index in [1.165, 1.54) is 12.8 Å². The first-order chi connectivity index (χ1) is 12.0. The van der Waals surface area contributed by atoms with Crippen molar-refractivity contribution in [1.82, 2.24) is 4.90 Å². The summed E-state index contributed by atoms with van der Waals surface area (Å²) in [7, 11) is -1.55. The Labute approximate surface area is 148 Å². The molecule has 4 rings (SSSR count). The third kappa shape index (κ3) is 3.04. The maximum atomic E-state index is 13.0. The Morgan fingerprint density at radius 3 is 2.56 bits per heavy atom. The van der Waals surface area contributed by atoms with Gasteiger partial charge in [-0.1, -0.05) is 18.9 Å². The normalized spacial score (nSPS) is 29.8. The van der Waals surface area contributed by atoms with Crippen molar-refractivity contribution in [3.05, 3.63) is 24.3 Å². The summed E-state index contributed by atoms with van der Waals surface area (Å²) in [5, 5.41) is 0. The molecule has 25 heavy (non-hydrogen) atoms. The predicted octanol–water partition coefficient (Wildman–Crippen LogP) is 1.45. The molecule has 2 atom stereocenters. The van der Waals surface area contributed by atoms with Crippen LogP contribution in [-0.2, 0) is 14.6 Å². The first kappa shape index (κ1) is 16.8. The largest absolute Gasteiger partial charge is 0.497 e. The van der Waals surface area contributed by atoms with E-state index in [0.29, 0.717) is 18.3 Å². The fourth-order valence-electron chi connectivity index (χ4n) is 4.64. The van der Waals surface area contributed by atoms with E-state index in [1.54, 1.807) is 12.0 Å². The highest BCUT2D eigenvalue weighted by Crippen LogP contribution is 2.36. The highest BCUT2D eigenvalue weighted by Gasteiger charge is 2.51. The second kappa shape index (κ2) is 6.29. The molecule has 2 aliphatic heterocycles. The van der Waals surface area contributed by atoms with Crippen molar-refractivity contribution in [2.24, 2.45) is 0 Å². The van der Waals surface area contributed by atoms with Crippen LogP contribution < -0.4 is 9.64 Å². The van der Waals surface area contributed by atoms with Gasteiger partial charge in [0.25, 0.3) is 0 Å². The quantitative estimate of drug-likeness (QED) is 0.812. The zero-order chi connectivity index (χ0) is 17.6. The van der Waals surface area contributed by atoms with E-state index in [0.717, 1.165) is 18.5 Å². The standard InChI is InChI=1S/C18H24N2O4S/c1-24-15-8-4-7-14(9-15)20-17-12-25(22,23)11-16(17)19(10-18(20)21)13-5-2-3-6-13/h4,7-9,13,16-17H,2-3,5-6,10-12H2,1H3/t16-,17+/m0/s1. The molecule has 1 saturated carbocycles. The Morgan fingerprint density at radius 2 is 1.84 bits per heavy atom. The molecule has 1 aromatic carbocycles. The number of ether oxygens (including phenoxy) is 1. The third-order valence-corrected chi connectivity index (χ3v) is 7.46. The number of sulfone groups is 1. The summed E-state index contributed by atoms with van der Waals surface area (Å²) in [4.78, 5) is 16.8. The van der Waals surface area contributed by atoms with Crippen LogP contribution in [0.4, 0.5) is 5.69 Å². The fraction of sp³-hybridized carbons (Fsp3) is 0.611. The van der Waals surface area contributed by atoms with Gasteiger partial charge >= 0.3 is 0 Å². The number of rotatable bonds is 3. The summed E-state index contributed by atoms with van der Waals surface area (Å²) in [5.41, 5.74) is 0.725. The maximum absolute atomic E-state index is 13.0. The number of benzene rings is 1. The van der Waals surface area contributed by atoms with Gasteiger partial charge in [0.05, 0.1) is 31.2 Å². The molecule has 0 unspecified atom stereocenters. The highest BCUT2D eigenvalue weighted by atomic mass is 32.2. The summed E-state index contributed by atoms with van der Waals surface area (Å²) in [5.74, 6) is 0.852. The summed E-state index contributed by atoms with van der Waals surface area (Å²) in [6.45, 7) is 0.304. The van der Waals surface area contributed by atoms with E-state index in [1.807, 2.05) is 24.3 Å². The Balaban J connectivity index is 1.70. The minimum atomic E-state index is -3.14. The molecule has 0 radical (unpaired) electrons. The average Bonchev–Trinajstić information content (AvgIpc) is 3.21. The van der Waals surface area contributed by atoms with Gasteiger partial charge in [0.1, 0.15) is 5.75 Å². The van der Waals surface area contributed by atoms with Gasteiger partial charge in [0.2, 0.25) is 5.91 Å². The van der Waals surface area contributed by atoms with Gasteiger partial charge in [-0.3, -0.25) is 9.69 Å². The van der Waals surface area contributed by atoms with Crippen LogP contribution in [0.5, 0.6) is 5.75 Å². The number of nitrogens with zero attached hydrogens (tertiary/aromatic N) is 2. The molecule has 0 N–H and O–H groups in total. The molecule has 1 amide bonds. The minimum absolute atomic E-state index is 0.0153. The minimum Gasteiger partial charge on any atom is -0.497 e. The first-order valence-corrected chi connectivity index (χ1v) is 10.7. The third-order valence-electron chi connectivity index (χ3n) is 5.76. The van der Waals surface area contributed by atoms with Crippen LogP contribution in [0.2, 0.25) is 0 Å². The predicted molar refractivity (Wildman–Crippen MR) is 95.7 cm³/mol. The summed E-state index contributed by atoms with van der Waals surface area (Å²) in [6, 6.07) is 7.27. The van der Waals surface area contributed by atoms with Gasteiger partial charge in [0.15, 0.2) is 9.84 Å². The Kier molecular flexibility index (Phi) is 4.24. The van der Waals surface area contributed by atoms with Crippen LogP contribution in [0.15, 0.2) is 24.3 Å². The zero-order valence-corrected chi connectivity index (χ0v) is 15.2.